The number of methoxy groups -OCH3 is 3. The molecule has 0 radical (unpaired) electrons. The van der Waals surface area contributed by atoms with Crippen molar-refractivity contribution in [3.8, 4) is 17.2 Å². The maximum absolute atomic E-state index is 12.4. The average molecular weight is 427 g/mol. The molecule has 0 saturated carbocycles. The van der Waals surface area contributed by atoms with Gasteiger partial charge in [0.1, 0.15) is 0 Å². The number of carbonyl (C=O) groups excluding carboxylic acids is 1. The van der Waals surface area contributed by atoms with E-state index in [1.54, 1.807) is 33.5 Å². The summed E-state index contributed by atoms with van der Waals surface area (Å²) in [5.41, 5.74) is 3.03. The van der Waals surface area contributed by atoms with Crippen LogP contribution in [0.25, 0.3) is 6.08 Å². The first-order valence-corrected chi connectivity index (χ1v) is 10.3. The van der Waals surface area contributed by atoms with Gasteiger partial charge in [0.05, 0.1) is 34.5 Å². The fourth-order valence-corrected chi connectivity index (χ4v) is 3.52. The lowest BCUT2D eigenvalue weighted by Gasteiger charge is -2.26. The maximum Gasteiger partial charge on any atom is 0.244 e. The predicted octanol–water partition coefficient (Wildman–Crippen LogP) is 2.87. The molecule has 0 bridgehead atoms. The van der Waals surface area contributed by atoms with Crippen molar-refractivity contribution in [1.82, 2.24) is 10.2 Å². The van der Waals surface area contributed by atoms with Gasteiger partial charge in [-0.2, -0.15) is 0 Å². The number of nitrogens with zero attached hydrogens (tertiary/aromatic N) is 1. The average Bonchev–Trinajstić information content (AvgIpc) is 2.81. The summed E-state index contributed by atoms with van der Waals surface area (Å²) < 4.78 is 21.5. The predicted molar refractivity (Wildman–Crippen MR) is 120 cm³/mol. The van der Waals surface area contributed by atoms with Crippen molar-refractivity contribution < 1.29 is 23.7 Å². The number of ether oxygens (including phenoxy) is 4. The molecule has 31 heavy (non-hydrogen) atoms. The van der Waals surface area contributed by atoms with Crippen LogP contribution in [0.4, 0.5) is 0 Å². The minimum absolute atomic E-state index is 0.185. The van der Waals surface area contributed by atoms with Crippen molar-refractivity contribution in [2.24, 2.45) is 0 Å². The van der Waals surface area contributed by atoms with Gasteiger partial charge in [0.25, 0.3) is 0 Å². The minimum atomic E-state index is -0.185. The summed E-state index contributed by atoms with van der Waals surface area (Å²) in [5.74, 6) is 1.39. The third-order valence-corrected chi connectivity index (χ3v) is 5.12. The van der Waals surface area contributed by atoms with Crippen LogP contribution < -0.4 is 19.5 Å². The van der Waals surface area contributed by atoms with Crippen LogP contribution in [-0.2, 0) is 22.6 Å². The molecule has 1 N–H and O–H groups in total. The fraction of sp³-hybridized carbons (Fsp3) is 0.375. The molecule has 2 aromatic rings. The summed E-state index contributed by atoms with van der Waals surface area (Å²) in [6, 6.07) is 11.9. The van der Waals surface area contributed by atoms with Crippen LogP contribution in [-0.4, -0.2) is 58.4 Å². The van der Waals surface area contributed by atoms with E-state index in [0.717, 1.165) is 44.0 Å². The molecule has 1 aliphatic rings. The molecule has 0 aliphatic carbocycles. The largest absolute Gasteiger partial charge is 0.493 e. The van der Waals surface area contributed by atoms with E-state index in [2.05, 4.69) is 22.3 Å². The molecular weight excluding hydrogens is 396 g/mol. The molecule has 0 spiro atoms. The lowest BCUT2D eigenvalue weighted by atomic mass is 10.1. The monoisotopic (exact) mass is 426 g/mol. The van der Waals surface area contributed by atoms with Crippen molar-refractivity contribution in [1.29, 1.82) is 0 Å². The van der Waals surface area contributed by atoms with Crippen LogP contribution in [0.5, 0.6) is 17.2 Å². The van der Waals surface area contributed by atoms with E-state index >= 15 is 0 Å². The van der Waals surface area contributed by atoms with E-state index in [0.29, 0.717) is 23.8 Å². The van der Waals surface area contributed by atoms with Gasteiger partial charge in [-0.25, -0.2) is 0 Å². The van der Waals surface area contributed by atoms with E-state index in [1.807, 2.05) is 18.2 Å². The van der Waals surface area contributed by atoms with Crippen LogP contribution >= 0.6 is 0 Å². The highest BCUT2D eigenvalue weighted by atomic mass is 16.5. The van der Waals surface area contributed by atoms with Gasteiger partial charge in [0.2, 0.25) is 11.7 Å². The van der Waals surface area contributed by atoms with Gasteiger partial charge in [0, 0.05) is 37.8 Å². The standard InChI is InChI=1S/C24H30N2O5/c1-28-21-9-7-20(23(29-2)24(21)30-3)8-10-22(27)25-16-18-5-4-6-19(15-18)17-26-11-13-31-14-12-26/h4-10,15H,11-14,16-17H2,1-3H3,(H,25,27)/b10-8+. The number of morpholine rings is 1. The maximum atomic E-state index is 12.4. The van der Waals surface area contributed by atoms with Gasteiger partial charge in [-0.15, -0.1) is 0 Å². The third-order valence-electron chi connectivity index (χ3n) is 5.12. The number of rotatable bonds is 9. The lowest BCUT2D eigenvalue weighted by molar-refractivity contribution is -0.116. The number of hydrogen-bond donors (Lipinski definition) is 1. The Morgan fingerprint density at radius 3 is 2.48 bits per heavy atom. The Morgan fingerprint density at radius 2 is 1.77 bits per heavy atom. The van der Waals surface area contributed by atoms with E-state index < -0.39 is 0 Å². The Morgan fingerprint density at radius 1 is 1.03 bits per heavy atom. The molecule has 2 aromatic carbocycles. The number of nitrogens with one attached hydrogen (secondary N) is 1. The van der Waals surface area contributed by atoms with Crippen molar-refractivity contribution >= 4 is 12.0 Å². The van der Waals surface area contributed by atoms with Crippen molar-refractivity contribution in [2.75, 3.05) is 47.6 Å². The summed E-state index contributed by atoms with van der Waals surface area (Å²) in [5, 5.41) is 2.93. The van der Waals surface area contributed by atoms with Crippen molar-refractivity contribution in [2.45, 2.75) is 13.1 Å². The molecule has 166 valence electrons. The van der Waals surface area contributed by atoms with Crippen molar-refractivity contribution in [3.63, 3.8) is 0 Å². The molecule has 1 heterocycles. The van der Waals surface area contributed by atoms with Crippen molar-refractivity contribution in [3.05, 3.63) is 59.2 Å². The SMILES string of the molecule is COc1ccc(/C=C/C(=O)NCc2cccc(CN3CCOCC3)c2)c(OC)c1OC. The molecule has 7 nitrogen and oxygen atoms in total. The van der Waals surface area contributed by atoms with Crippen LogP contribution in [0.1, 0.15) is 16.7 Å². The second-order valence-electron chi connectivity index (χ2n) is 7.18. The Hall–Kier alpha value is -3.03. The minimum Gasteiger partial charge on any atom is -0.493 e. The molecule has 7 heteroatoms. The number of amides is 1. The van der Waals surface area contributed by atoms with Crippen LogP contribution in [0.2, 0.25) is 0 Å². The highest BCUT2D eigenvalue weighted by Crippen LogP contribution is 2.40. The third kappa shape index (κ3) is 6.23. The Balaban J connectivity index is 1.59. The fourth-order valence-electron chi connectivity index (χ4n) is 3.52. The molecule has 1 fully saturated rings. The number of carbonyl (C=O) groups is 1. The first kappa shape index (κ1) is 22.7. The summed E-state index contributed by atoms with van der Waals surface area (Å²) in [6.07, 6.45) is 3.19. The topological polar surface area (TPSA) is 69.3 Å². The Kier molecular flexibility index (Phi) is 8.32. The van der Waals surface area contributed by atoms with Gasteiger partial charge >= 0.3 is 0 Å². The molecule has 1 aliphatic heterocycles. The van der Waals surface area contributed by atoms with E-state index in [-0.39, 0.29) is 5.91 Å². The summed E-state index contributed by atoms with van der Waals surface area (Å²) in [7, 11) is 4.67. The Labute approximate surface area is 183 Å². The normalized spacial score (nSPS) is 14.4. The van der Waals surface area contributed by atoms with Gasteiger partial charge in [-0.3, -0.25) is 9.69 Å². The molecule has 3 rings (SSSR count). The highest BCUT2D eigenvalue weighted by Gasteiger charge is 2.14. The molecule has 1 amide bonds. The van der Waals surface area contributed by atoms with Crippen LogP contribution in [0.15, 0.2) is 42.5 Å². The second-order valence-corrected chi connectivity index (χ2v) is 7.18. The molecule has 1 saturated heterocycles. The molecule has 0 unspecified atom stereocenters. The Bertz CT molecular complexity index is 907. The zero-order chi connectivity index (χ0) is 22.1. The summed E-state index contributed by atoms with van der Waals surface area (Å²) >= 11 is 0. The van der Waals surface area contributed by atoms with Gasteiger partial charge in [-0.05, 0) is 29.3 Å². The van der Waals surface area contributed by atoms with Crippen LogP contribution in [0, 0.1) is 0 Å². The zero-order valence-corrected chi connectivity index (χ0v) is 18.3. The molecular formula is C24H30N2O5. The highest BCUT2D eigenvalue weighted by molar-refractivity contribution is 5.92. The molecule has 0 aromatic heterocycles. The molecule has 0 atom stereocenters. The quantitative estimate of drug-likeness (QED) is 0.622. The summed E-state index contributed by atoms with van der Waals surface area (Å²) in [6.45, 7) is 4.82. The first-order chi connectivity index (χ1) is 15.1. The number of benzene rings is 2. The summed E-state index contributed by atoms with van der Waals surface area (Å²) in [4.78, 5) is 14.7. The first-order valence-electron chi connectivity index (χ1n) is 10.3. The van der Waals surface area contributed by atoms with Gasteiger partial charge in [0.15, 0.2) is 11.5 Å². The lowest BCUT2D eigenvalue weighted by Crippen LogP contribution is -2.35. The van der Waals surface area contributed by atoms with E-state index in [9.17, 15) is 4.79 Å². The second kappa shape index (κ2) is 11.4. The van der Waals surface area contributed by atoms with Crippen LogP contribution in [0.3, 0.4) is 0 Å². The van der Waals surface area contributed by atoms with Gasteiger partial charge in [-0.1, -0.05) is 24.3 Å². The van der Waals surface area contributed by atoms with E-state index in [1.165, 1.54) is 11.6 Å². The smallest absolute Gasteiger partial charge is 0.244 e. The zero-order valence-electron chi connectivity index (χ0n) is 18.3. The van der Waals surface area contributed by atoms with Gasteiger partial charge < -0.3 is 24.3 Å². The van der Waals surface area contributed by atoms with E-state index in [4.69, 9.17) is 18.9 Å². The number of hydrogen-bond acceptors (Lipinski definition) is 6.